The van der Waals surface area contributed by atoms with Gasteiger partial charge in [-0.1, -0.05) is 106 Å². The van der Waals surface area contributed by atoms with Gasteiger partial charge in [-0.15, -0.1) is 0 Å². The number of hydrogen-bond donors (Lipinski definition) is 1. The minimum Gasteiger partial charge on any atom is -0.331 e. The molecule has 1 heteroatoms. The first-order valence-corrected chi connectivity index (χ1v) is 11.1. The summed E-state index contributed by atoms with van der Waals surface area (Å²) in [6.07, 6.45) is 11.1. The smallest absolute Gasteiger partial charge is 0.103 e. The van der Waals surface area contributed by atoms with Crippen molar-refractivity contribution in [2.75, 3.05) is 13.1 Å². The molecule has 0 aromatic heterocycles. The van der Waals surface area contributed by atoms with Gasteiger partial charge in [-0.2, -0.15) is 0 Å². The van der Waals surface area contributed by atoms with Crippen LogP contribution in [0.2, 0.25) is 0 Å². The summed E-state index contributed by atoms with van der Waals surface area (Å²) in [7, 11) is 0. The lowest BCUT2D eigenvalue weighted by Gasteiger charge is -2.19. The molecule has 0 unspecified atom stereocenters. The van der Waals surface area contributed by atoms with Gasteiger partial charge >= 0.3 is 0 Å². The Balaban J connectivity index is 0.000000433. The van der Waals surface area contributed by atoms with E-state index in [2.05, 4.69) is 63.2 Å². The van der Waals surface area contributed by atoms with Gasteiger partial charge in [0, 0.05) is 5.56 Å². The predicted molar refractivity (Wildman–Crippen MR) is 120 cm³/mol. The summed E-state index contributed by atoms with van der Waals surface area (Å²) in [6, 6.07) is 21.3. The van der Waals surface area contributed by atoms with Gasteiger partial charge in [-0.25, -0.2) is 0 Å². The first-order chi connectivity index (χ1) is 13.3. The Bertz CT molecular complexity index is 523. The van der Waals surface area contributed by atoms with E-state index in [1.54, 1.807) is 4.90 Å². The molecule has 2 aromatic rings. The van der Waals surface area contributed by atoms with Gasteiger partial charge < -0.3 is 4.90 Å². The predicted octanol–water partition coefficient (Wildman–Crippen LogP) is 6.23. The van der Waals surface area contributed by atoms with E-state index in [9.17, 15) is 0 Å². The van der Waals surface area contributed by atoms with Crippen molar-refractivity contribution in [2.24, 2.45) is 0 Å². The number of rotatable bonds is 12. The van der Waals surface area contributed by atoms with Gasteiger partial charge in [0.25, 0.3) is 0 Å². The highest BCUT2D eigenvalue weighted by Gasteiger charge is 2.08. The van der Waals surface area contributed by atoms with Gasteiger partial charge in [-0.05, 0) is 32.6 Å². The molecular weight excluding hydrogens is 326 g/mol. The molecule has 0 amide bonds. The molecule has 0 fully saturated rings. The molecule has 0 heterocycles. The van der Waals surface area contributed by atoms with E-state index in [1.807, 2.05) is 18.2 Å². The highest BCUT2D eigenvalue weighted by molar-refractivity contribution is 5.13. The molecular formula is C26H42N+. The number of aryl methyl sites for hydroxylation is 1. The minimum atomic E-state index is 1.21. The van der Waals surface area contributed by atoms with Crippen LogP contribution in [0.4, 0.5) is 0 Å². The third kappa shape index (κ3) is 13.2. The van der Waals surface area contributed by atoms with E-state index in [0.717, 1.165) is 0 Å². The van der Waals surface area contributed by atoms with Crippen molar-refractivity contribution < 1.29 is 4.90 Å². The molecule has 0 spiro atoms. The molecule has 1 N–H and O–H groups in total. The average Bonchev–Trinajstić information content (AvgIpc) is 2.70. The number of quaternary nitrogens is 1. The van der Waals surface area contributed by atoms with E-state index in [0.29, 0.717) is 0 Å². The second-order valence-electron chi connectivity index (χ2n) is 7.69. The van der Waals surface area contributed by atoms with Crippen LogP contribution in [-0.2, 0) is 6.54 Å². The fraction of sp³-hybridized carbons (Fsp3) is 0.538. The van der Waals surface area contributed by atoms with E-state index < -0.39 is 0 Å². The first kappa shape index (κ1) is 23.4. The molecule has 2 aromatic carbocycles. The summed E-state index contributed by atoms with van der Waals surface area (Å²) < 4.78 is 0. The molecule has 0 aliphatic rings. The van der Waals surface area contributed by atoms with Gasteiger partial charge in [0.05, 0.1) is 13.1 Å². The third-order valence-corrected chi connectivity index (χ3v) is 5.01. The average molecular weight is 369 g/mol. The highest BCUT2D eigenvalue weighted by Crippen LogP contribution is 2.00. The van der Waals surface area contributed by atoms with Crippen LogP contribution in [0.3, 0.4) is 0 Å². The fourth-order valence-electron chi connectivity index (χ4n) is 3.32. The molecule has 0 atom stereocenters. The van der Waals surface area contributed by atoms with Crippen LogP contribution in [0.5, 0.6) is 0 Å². The zero-order valence-corrected chi connectivity index (χ0v) is 18.1. The Morgan fingerprint density at radius 1 is 0.593 bits per heavy atom. The van der Waals surface area contributed by atoms with E-state index >= 15 is 0 Å². The van der Waals surface area contributed by atoms with Gasteiger partial charge in [0.2, 0.25) is 0 Å². The maximum absolute atomic E-state index is 2.29. The molecule has 0 radical (unpaired) electrons. The van der Waals surface area contributed by atoms with Gasteiger partial charge in [-0.3, -0.25) is 0 Å². The number of unbranched alkanes of at least 4 members (excludes halogenated alkanes) is 6. The Kier molecular flexibility index (Phi) is 14.4. The molecule has 1 nitrogen and oxygen atoms in total. The van der Waals surface area contributed by atoms with Gasteiger partial charge in [0.15, 0.2) is 0 Å². The van der Waals surface area contributed by atoms with Crippen LogP contribution in [0.15, 0.2) is 60.7 Å². The lowest BCUT2D eigenvalue weighted by atomic mass is 10.1. The van der Waals surface area contributed by atoms with Crippen molar-refractivity contribution in [1.29, 1.82) is 0 Å². The summed E-state index contributed by atoms with van der Waals surface area (Å²) in [6.45, 7) is 10.6. The van der Waals surface area contributed by atoms with Crippen LogP contribution in [0.25, 0.3) is 0 Å². The summed E-state index contributed by atoms with van der Waals surface area (Å²) in [4.78, 5) is 1.78. The van der Waals surface area contributed by atoms with Crippen LogP contribution in [0.1, 0.15) is 76.3 Å². The van der Waals surface area contributed by atoms with Crippen LogP contribution in [0, 0.1) is 6.92 Å². The Labute approximate surface area is 168 Å². The summed E-state index contributed by atoms with van der Waals surface area (Å²) in [5.74, 6) is 0. The molecule has 0 saturated heterocycles. The summed E-state index contributed by atoms with van der Waals surface area (Å²) >= 11 is 0. The number of benzene rings is 2. The molecule has 0 aliphatic heterocycles. The molecule has 0 bridgehead atoms. The van der Waals surface area contributed by atoms with Crippen LogP contribution < -0.4 is 4.90 Å². The molecule has 150 valence electrons. The molecule has 2 rings (SSSR count). The van der Waals surface area contributed by atoms with Crippen molar-refractivity contribution >= 4 is 0 Å². The Hall–Kier alpha value is -1.60. The minimum absolute atomic E-state index is 1.21. The van der Waals surface area contributed by atoms with Gasteiger partial charge in [0.1, 0.15) is 6.54 Å². The van der Waals surface area contributed by atoms with Crippen molar-refractivity contribution in [3.8, 4) is 0 Å². The van der Waals surface area contributed by atoms with Crippen molar-refractivity contribution in [3.63, 3.8) is 0 Å². The second kappa shape index (κ2) is 16.6. The van der Waals surface area contributed by atoms with E-state index in [1.165, 1.54) is 82.1 Å². The largest absolute Gasteiger partial charge is 0.331 e. The lowest BCUT2D eigenvalue weighted by molar-refractivity contribution is -0.914. The van der Waals surface area contributed by atoms with E-state index in [4.69, 9.17) is 0 Å². The maximum Gasteiger partial charge on any atom is 0.103 e. The normalized spacial score (nSPS) is 10.5. The second-order valence-corrected chi connectivity index (χ2v) is 7.69. The standard InChI is InChI=1S/C19H33N.C7H8/c1-3-5-7-12-16-20(17-13-8-6-4-2)18-19-14-10-9-11-15-19;1-7-5-3-2-4-6-7/h9-11,14-15H,3-8,12-13,16-18H2,1-2H3;2-6H,1H3/p+1. The quantitative estimate of drug-likeness (QED) is 0.424. The fourth-order valence-corrected chi connectivity index (χ4v) is 3.32. The van der Waals surface area contributed by atoms with Crippen molar-refractivity contribution in [3.05, 3.63) is 71.8 Å². The van der Waals surface area contributed by atoms with Crippen LogP contribution >= 0.6 is 0 Å². The Morgan fingerprint density at radius 2 is 1.07 bits per heavy atom. The number of nitrogens with one attached hydrogen (secondary N) is 1. The monoisotopic (exact) mass is 368 g/mol. The number of hydrogen-bond acceptors (Lipinski definition) is 0. The zero-order chi connectivity index (χ0) is 19.6. The molecule has 27 heavy (non-hydrogen) atoms. The SMILES string of the molecule is CCCCCC[NH+](CCCCCC)Cc1ccccc1.Cc1ccccc1. The first-order valence-electron chi connectivity index (χ1n) is 11.1. The van der Waals surface area contributed by atoms with Crippen molar-refractivity contribution in [2.45, 2.75) is 78.7 Å². The van der Waals surface area contributed by atoms with E-state index in [-0.39, 0.29) is 0 Å². The van der Waals surface area contributed by atoms with Crippen molar-refractivity contribution in [1.82, 2.24) is 0 Å². The Morgan fingerprint density at radius 3 is 1.48 bits per heavy atom. The van der Waals surface area contributed by atoms with Crippen LogP contribution in [-0.4, -0.2) is 13.1 Å². The topological polar surface area (TPSA) is 4.44 Å². The highest BCUT2D eigenvalue weighted by atomic mass is 15.1. The maximum atomic E-state index is 2.29. The summed E-state index contributed by atoms with van der Waals surface area (Å²) in [5.41, 5.74) is 2.82. The third-order valence-electron chi connectivity index (χ3n) is 5.01. The summed E-state index contributed by atoms with van der Waals surface area (Å²) in [5, 5.41) is 0. The lowest BCUT2D eigenvalue weighted by Crippen LogP contribution is -3.10. The molecule has 0 saturated carbocycles. The zero-order valence-electron chi connectivity index (χ0n) is 18.1. The molecule has 0 aliphatic carbocycles.